The Labute approximate surface area is 108 Å². The Morgan fingerprint density at radius 2 is 2.00 bits per heavy atom. The predicted octanol–water partition coefficient (Wildman–Crippen LogP) is 2.89. The van der Waals surface area contributed by atoms with Crippen molar-refractivity contribution < 1.29 is 19.2 Å². The predicted molar refractivity (Wildman–Crippen MR) is 70.3 cm³/mol. The van der Waals surface area contributed by atoms with Crippen LogP contribution in [0.2, 0.25) is 0 Å². The first-order valence-electron chi connectivity index (χ1n) is 5.90. The van der Waals surface area contributed by atoms with Gasteiger partial charge in [0.25, 0.3) is 11.5 Å². The molecule has 0 saturated heterocycles. The Hall–Kier alpha value is -1.25. The molecule has 0 fully saturated rings. The molecule has 1 rings (SSSR count). The average Bonchev–Trinajstić information content (AvgIpc) is 2.36. The number of rotatable bonds is 7. The Kier molecular flexibility index (Phi) is 5.96. The van der Waals surface area contributed by atoms with Crippen LogP contribution in [-0.2, 0) is 20.5 Å². The molecular formula is C13H18O4P+. The van der Waals surface area contributed by atoms with Gasteiger partial charge in [-0.2, -0.15) is 0 Å². The van der Waals surface area contributed by atoms with Crippen LogP contribution in [-0.4, -0.2) is 29.2 Å². The Morgan fingerprint density at radius 3 is 2.50 bits per heavy atom. The highest BCUT2D eigenvalue weighted by molar-refractivity contribution is 7.47. The summed E-state index contributed by atoms with van der Waals surface area (Å²) in [5.74, 6) is -1.57. The maximum atomic E-state index is 12.1. The second kappa shape index (κ2) is 7.24. The maximum Gasteiger partial charge on any atom is 0.385 e. The molecule has 4 nitrogen and oxygen atoms in total. The van der Waals surface area contributed by atoms with E-state index < -0.39 is 25.3 Å². The number of benzene rings is 1. The average molecular weight is 269 g/mol. The van der Waals surface area contributed by atoms with E-state index in [-0.39, 0.29) is 6.42 Å². The summed E-state index contributed by atoms with van der Waals surface area (Å²) in [5.41, 5.74) is -0.0269. The zero-order chi connectivity index (χ0) is 13.5. The molecule has 1 aromatic carbocycles. The fourth-order valence-corrected chi connectivity index (χ4v) is 3.10. The van der Waals surface area contributed by atoms with Crippen LogP contribution in [0.5, 0.6) is 0 Å². The molecule has 3 atom stereocenters. The van der Waals surface area contributed by atoms with Gasteiger partial charge in [0.05, 0.1) is 0 Å². The van der Waals surface area contributed by atoms with E-state index in [1.807, 2.05) is 30.3 Å². The smallest absolute Gasteiger partial charge is 0.385 e. The Bertz CT molecular complexity index is 405. The molecule has 0 aromatic heterocycles. The molecule has 0 aliphatic rings. The number of hydrogen-bond acceptors (Lipinski definition) is 3. The number of hydrogen-bond donors (Lipinski definition) is 1. The highest BCUT2D eigenvalue weighted by atomic mass is 31.1. The molecule has 18 heavy (non-hydrogen) atoms. The standard InChI is InChI=1S/C13H17O4P/c1-3-17-10(2)18(16)12(13(14)15)9-11-7-5-4-6-8-11/h4-8,10,12H,3,9H2,1-2H3/p+1. The minimum atomic E-state index is -1.95. The van der Waals surface area contributed by atoms with Crippen molar-refractivity contribution in [2.24, 2.45) is 0 Å². The van der Waals surface area contributed by atoms with E-state index in [1.165, 1.54) is 0 Å². The van der Waals surface area contributed by atoms with Crippen LogP contribution < -0.4 is 0 Å². The number of carboxylic acid groups (broad SMARTS) is 1. The summed E-state index contributed by atoms with van der Waals surface area (Å²) >= 11 is 0. The van der Waals surface area contributed by atoms with Crippen LogP contribution in [0.3, 0.4) is 0 Å². The van der Waals surface area contributed by atoms with Gasteiger partial charge in [0.1, 0.15) is 0 Å². The summed E-state index contributed by atoms with van der Waals surface area (Å²) in [7, 11) is -1.95. The van der Waals surface area contributed by atoms with E-state index in [1.54, 1.807) is 13.8 Å². The fourth-order valence-electron chi connectivity index (χ4n) is 1.69. The van der Waals surface area contributed by atoms with E-state index in [9.17, 15) is 14.5 Å². The van der Waals surface area contributed by atoms with Crippen molar-refractivity contribution in [1.82, 2.24) is 0 Å². The molecule has 0 bridgehead atoms. The third-order valence-electron chi connectivity index (χ3n) is 2.63. The van der Waals surface area contributed by atoms with E-state index in [4.69, 9.17) is 4.74 Å². The fraction of sp³-hybridized carbons (Fsp3) is 0.462. The van der Waals surface area contributed by atoms with Gasteiger partial charge in [-0.1, -0.05) is 34.9 Å². The molecule has 0 amide bonds. The van der Waals surface area contributed by atoms with Gasteiger partial charge in [-0.15, -0.1) is 0 Å². The molecular weight excluding hydrogens is 251 g/mol. The maximum absolute atomic E-state index is 12.1. The highest BCUT2D eigenvalue weighted by Crippen LogP contribution is 2.36. The van der Waals surface area contributed by atoms with Crippen LogP contribution in [0, 0.1) is 0 Å². The van der Waals surface area contributed by atoms with Crippen LogP contribution in [0.25, 0.3) is 0 Å². The van der Waals surface area contributed by atoms with E-state index in [0.29, 0.717) is 6.61 Å². The van der Waals surface area contributed by atoms with Crippen molar-refractivity contribution in [1.29, 1.82) is 0 Å². The lowest BCUT2D eigenvalue weighted by molar-refractivity contribution is -0.136. The Morgan fingerprint density at radius 1 is 1.39 bits per heavy atom. The zero-order valence-corrected chi connectivity index (χ0v) is 11.5. The van der Waals surface area contributed by atoms with Gasteiger partial charge in [-0.25, -0.2) is 4.79 Å². The SMILES string of the molecule is CCOC(C)[P+](=O)C(Cc1ccccc1)C(=O)O. The molecule has 1 N–H and O–H groups in total. The first-order valence-corrected chi connectivity index (χ1v) is 7.29. The van der Waals surface area contributed by atoms with Gasteiger partial charge < -0.3 is 9.84 Å². The highest BCUT2D eigenvalue weighted by Gasteiger charge is 2.42. The van der Waals surface area contributed by atoms with Gasteiger partial charge in [0.15, 0.2) is 0 Å². The summed E-state index contributed by atoms with van der Waals surface area (Å²) in [4.78, 5) is 11.2. The van der Waals surface area contributed by atoms with Crippen molar-refractivity contribution in [2.75, 3.05) is 6.61 Å². The third-order valence-corrected chi connectivity index (χ3v) is 4.51. The normalized spacial score (nSPS) is 14.9. The van der Waals surface area contributed by atoms with E-state index in [0.717, 1.165) is 5.56 Å². The topological polar surface area (TPSA) is 63.6 Å². The summed E-state index contributed by atoms with van der Waals surface area (Å²) in [6.07, 6.45) is 0.267. The number of carboxylic acids is 1. The first kappa shape index (κ1) is 14.8. The summed E-state index contributed by atoms with van der Waals surface area (Å²) in [6.45, 7) is 3.88. The van der Waals surface area contributed by atoms with Gasteiger partial charge >= 0.3 is 13.8 Å². The van der Waals surface area contributed by atoms with Crippen molar-refractivity contribution in [3.63, 3.8) is 0 Å². The molecule has 0 saturated carbocycles. The number of ether oxygens (including phenoxy) is 1. The summed E-state index contributed by atoms with van der Waals surface area (Å²) < 4.78 is 17.3. The largest absolute Gasteiger partial charge is 0.478 e. The van der Waals surface area contributed by atoms with Gasteiger partial charge in [0.2, 0.25) is 0 Å². The lowest BCUT2D eigenvalue weighted by atomic mass is 10.1. The molecule has 0 heterocycles. The minimum absolute atomic E-state index is 0.267. The quantitative estimate of drug-likeness (QED) is 0.773. The third kappa shape index (κ3) is 4.21. The van der Waals surface area contributed by atoms with Crippen LogP contribution in [0.1, 0.15) is 19.4 Å². The molecule has 0 spiro atoms. The lowest BCUT2D eigenvalue weighted by Crippen LogP contribution is -2.23. The molecule has 98 valence electrons. The van der Waals surface area contributed by atoms with Crippen molar-refractivity contribution >= 4 is 13.8 Å². The zero-order valence-electron chi connectivity index (χ0n) is 10.6. The molecule has 0 radical (unpaired) electrons. The van der Waals surface area contributed by atoms with Gasteiger partial charge in [-0.3, -0.25) is 0 Å². The second-order valence-electron chi connectivity index (χ2n) is 3.96. The van der Waals surface area contributed by atoms with Crippen molar-refractivity contribution in [3.05, 3.63) is 35.9 Å². The van der Waals surface area contributed by atoms with Gasteiger partial charge in [0, 0.05) is 20.0 Å². The summed E-state index contributed by atoms with van der Waals surface area (Å²) in [6, 6.07) is 9.22. The van der Waals surface area contributed by atoms with E-state index >= 15 is 0 Å². The first-order chi connectivity index (χ1) is 8.56. The number of carbonyl (C=O) groups is 1. The van der Waals surface area contributed by atoms with Crippen molar-refractivity contribution in [3.8, 4) is 0 Å². The molecule has 0 aliphatic carbocycles. The molecule has 3 unspecified atom stereocenters. The monoisotopic (exact) mass is 269 g/mol. The van der Waals surface area contributed by atoms with E-state index in [2.05, 4.69) is 0 Å². The summed E-state index contributed by atoms with van der Waals surface area (Å²) in [5, 5.41) is 9.18. The number of aliphatic carboxylic acids is 1. The molecule has 5 heteroatoms. The van der Waals surface area contributed by atoms with Crippen LogP contribution in [0.15, 0.2) is 30.3 Å². The van der Waals surface area contributed by atoms with Crippen LogP contribution in [0.4, 0.5) is 0 Å². The molecule has 1 aromatic rings. The minimum Gasteiger partial charge on any atom is -0.478 e. The molecule has 0 aliphatic heterocycles. The van der Waals surface area contributed by atoms with Crippen molar-refractivity contribution in [2.45, 2.75) is 31.8 Å². The lowest BCUT2D eigenvalue weighted by Gasteiger charge is -2.07. The van der Waals surface area contributed by atoms with Gasteiger partial charge in [-0.05, 0) is 12.5 Å². The van der Waals surface area contributed by atoms with Crippen LogP contribution >= 0.6 is 7.80 Å². The second-order valence-corrected chi connectivity index (χ2v) is 6.03. The Balaban J connectivity index is 2.77.